The van der Waals surface area contributed by atoms with Crippen molar-refractivity contribution >= 4 is 68.3 Å². The predicted octanol–water partition coefficient (Wildman–Crippen LogP) is 4.70. The monoisotopic (exact) mass is 496 g/mol. The van der Waals surface area contributed by atoms with Crippen LogP contribution in [0.15, 0.2) is 57.5 Å². The molecule has 132 valence electrons. The molecular weight excluding hydrogens is 479 g/mol. The molecule has 0 aliphatic carbocycles. The zero-order valence-corrected chi connectivity index (χ0v) is 17.6. The molecule has 6 N–H and O–H groups in total. The van der Waals surface area contributed by atoms with E-state index >= 15 is 0 Å². The van der Waals surface area contributed by atoms with Gasteiger partial charge < -0.3 is 11.5 Å². The van der Waals surface area contributed by atoms with Gasteiger partial charge in [-0.05, 0) is 23.3 Å². The van der Waals surface area contributed by atoms with Gasteiger partial charge in [-0.15, -0.1) is 24.8 Å². The number of nitrogens with two attached hydrogens (primary N) is 2. The molecule has 0 bridgehead atoms. The van der Waals surface area contributed by atoms with E-state index in [1.54, 1.807) is 0 Å². The number of hydrogen-bond donors (Lipinski definition) is 4. The Morgan fingerprint density at radius 2 is 1.00 bits per heavy atom. The molecule has 4 nitrogen and oxygen atoms in total. The lowest BCUT2D eigenvalue weighted by molar-refractivity contribution is 1.23. The highest BCUT2D eigenvalue weighted by atomic mass is 79.9. The van der Waals surface area contributed by atoms with Crippen molar-refractivity contribution in [1.29, 1.82) is 10.8 Å². The number of hydrogen-bond acceptors (Lipinski definition) is 2. The average molecular weight is 499 g/mol. The molecule has 2 rings (SSSR count). The summed E-state index contributed by atoms with van der Waals surface area (Å²) in [6.45, 7) is 0. The van der Waals surface area contributed by atoms with Crippen molar-refractivity contribution in [1.82, 2.24) is 0 Å². The van der Waals surface area contributed by atoms with Gasteiger partial charge in [-0.1, -0.05) is 68.3 Å². The van der Waals surface area contributed by atoms with Gasteiger partial charge in [0.25, 0.3) is 0 Å². The van der Waals surface area contributed by atoms with Crippen LogP contribution in [0.1, 0.15) is 11.1 Å². The van der Waals surface area contributed by atoms with Crippen LogP contribution in [0.2, 0.25) is 0 Å². The first-order valence-electron chi connectivity index (χ1n) is 6.52. The molecular formula is C16H20Br2Cl2N4. The SMILES string of the molecule is Cl.Cl.N=C(N)Cc1ccccc1Br.N=C(N)Cc1ccccc1Br. The Morgan fingerprint density at radius 1 is 0.708 bits per heavy atom. The van der Waals surface area contributed by atoms with E-state index in [0.29, 0.717) is 12.8 Å². The molecule has 8 heteroatoms. The second-order valence-electron chi connectivity index (χ2n) is 4.59. The van der Waals surface area contributed by atoms with Gasteiger partial charge in [0.15, 0.2) is 0 Å². The van der Waals surface area contributed by atoms with E-state index in [9.17, 15) is 0 Å². The smallest absolute Gasteiger partial charge is 0.0950 e. The first-order valence-corrected chi connectivity index (χ1v) is 8.11. The van der Waals surface area contributed by atoms with Gasteiger partial charge in [0.1, 0.15) is 0 Å². The van der Waals surface area contributed by atoms with Crippen molar-refractivity contribution in [2.45, 2.75) is 12.8 Å². The summed E-state index contributed by atoms with van der Waals surface area (Å²) in [5.74, 6) is 0.383. The van der Waals surface area contributed by atoms with Gasteiger partial charge in [0, 0.05) is 21.8 Å². The Kier molecular flexibility index (Phi) is 13.9. The van der Waals surface area contributed by atoms with Gasteiger partial charge in [-0.25, -0.2) is 0 Å². The molecule has 0 amide bonds. The van der Waals surface area contributed by atoms with Crippen LogP contribution < -0.4 is 11.5 Å². The highest BCUT2D eigenvalue weighted by Gasteiger charge is 1.99. The third-order valence-electron chi connectivity index (χ3n) is 2.68. The standard InChI is InChI=1S/2C8H9BrN2.2ClH/c2*9-7-4-2-1-3-6(7)5-8(10)11;;/h2*1-4H,5H2,(H3,10,11);2*1H. The molecule has 0 spiro atoms. The molecule has 2 aromatic rings. The number of amidine groups is 2. The maximum absolute atomic E-state index is 7.09. The lowest BCUT2D eigenvalue weighted by Crippen LogP contribution is -2.12. The van der Waals surface area contributed by atoms with E-state index in [1.165, 1.54) is 0 Å². The maximum Gasteiger partial charge on any atom is 0.0950 e. The molecule has 0 aliphatic heterocycles. The Hall–Kier alpha value is -1.08. The third-order valence-corrected chi connectivity index (χ3v) is 4.22. The van der Waals surface area contributed by atoms with Crippen LogP contribution in [-0.2, 0) is 12.8 Å². The lowest BCUT2D eigenvalue weighted by Gasteiger charge is -2.00. The topological polar surface area (TPSA) is 99.7 Å². The summed E-state index contributed by atoms with van der Waals surface area (Å²) in [6.07, 6.45) is 1.03. The van der Waals surface area contributed by atoms with Gasteiger partial charge in [0.05, 0.1) is 11.7 Å². The molecule has 24 heavy (non-hydrogen) atoms. The second kappa shape index (κ2) is 13.2. The minimum atomic E-state index is 0. The van der Waals surface area contributed by atoms with Crippen molar-refractivity contribution in [3.05, 3.63) is 68.6 Å². The summed E-state index contributed by atoms with van der Waals surface area (Å²) >= 11 is 6.75. The molecule has 0 aliphatic rings. The third kappa shape index (κ3) is 9.93. The first kappa shape index (κ1) is 25.2. The van der Waals surface area contributed by atoms with Crippen LogP contribution >= 0.6 is 56.7 Å². The molecule has 0 saturated heterocycles. The molecule has 0 radical (unpaired) electrons. The Bertz CT molecular complexity index is 609. The fraction of sp³-hybridized carbons (Fsp3) is 0.125. The summed E-state index contributed by atoms with van der Waals surface area (Å²) in [4.78, 5) is 0. The Labute approximate surface area is 171 Å². The van der Waals surface area contributed by atoms with Gasteiger partial charge >= 0.3 is 0 Å². The zero-order valence-electron chi connectivity index (χ0n) is 12.8. The summed E-state index contributed by atoms with van der Waals surface area (Å²) in [5.41, 5.74) is 12.6. The highest BCUT2D eigenvalue weighted by molar-refractivity contribution is 9.10. The number of nitrogens with one attached hydrogen (secondary N) is 2. The van der Waals surface area contributed by atoms with E-state index in [1.807, 2.05) is 48.5 Å². The number of benzene rings is 2. The van der Waals surface area contributed by atoms with E-state index in [2.05, 4.69) is 31.9 Å². The van der Waals surface area contributed by atoms with Crippen LogP contribution in [0.4, 0.5) is 0 Å². The fourth-order valence-electron chi connectivity index (χ4n) is 1.69. The van der Waals surface area contributed by atoms with Gasteiger partial charge in [-0.3, -0.25) is 10.8 Å². The predicted molar refractivity (Wildman–Crippen MR) is 114 cm³/mol. The average Bonchev–Trinajstić information content (AvgIpc) is 2.44. The molecule has 0 aromatic heterocycles. The van der Waals surface area contributed by atoms with E-state index in [0.717, 1.165) is 20.1 Å². The van der Waals surface area contributed by atoms with Crippen LogP contribution in [0.25, 0.3) is 0 Å². The summed E-state index contributed by atoms with van der Waals surface area (Å²) in [6, 6.07) is 15.5. The number of rotatable bonds is 4. The minimum Gasteiger partial charge on any atom is -0.387 e. The molecule has 0 fully saturated rings. The van der Waals surface area contributed by atoms with Crippen LogP contribution in [0.5, 0.6) is 0 Å². The highest BCUT2D eigenvalue weighted by Crippen LogP contribution is 2.16. The normalized spacial score (nSPS) is 8.75. The fourth-order valence-corrected chi connectivity index (χ4v) is 2.54. The Balaban J connectivity index is 0. The lowest BCUT2D eigenvalue weighted by atomic mass is 10.1. The molecule has 0 heterocycles. The number of halogens is 4. The minimum absolute atomic E-state index is 0. The van der Waals surface area contributed by atoms with Crippen molar-refractivity contribution in [2.75, 3.05) is 0 Å². The van der Waals surface area contributed by atoms with Crippen LogP contribution in [-0.4, -0.2) is 11.7 Å². The van der Waals surface area contributed by atoms with E-state index < -0.39 is 0 Å². The summed E-state index contributed by atoms with van der Waals surface area (Å²) in [5, 5.41) is 14.2. The van der Waals surface area contributed by atoms with Crippen LogP contribution in [0, 0.1) is 10.8 Å². The zero-order chi connectivity index (χ0) is 16.5. The van der Waals surface area contributed by atoms with Crippen molar-refractivity contribution in [3.8, 4) is 0 Å². The molecule has 0 atom stereocenters. The second-order valence-corrected chi connectivity index (χ2v) is 6.30. The quantitative estimate of drug-likeness (QED) is 0.363. The van der Waals surface area contributed by atoms with Crippen molar-refractivity contribution in [3.63, 3.8) is 0 Å². The first-order chi connectivity index (χ1) is 10.4. The molecule has 2 aromatic carbocycles. The van der Waals surface area contributed by atoms with Crippen LogP contribution in [0.3, 0.4) is 0 Å². The van der Waals surface area contributed by atoms with Crippen molar-refractivity contribution in [2.24, 2.45) is 11.5 Å². The molecule has 0 saturated carbocycles. The van der Waals surface area contributed by atoms with E-state index in [4.69, 9.17) is 22.3 Å². The summed E-state index contributed by atoms with van der Waals surface area (Å²) in [7, 11) is 0. The Morgan fingerprint density at radius 3 is 1.25 bits per heavy atom. The largest absolute Gasteiger partial charge is 0.387 e. The summed E-state index contributed by atoms with van der Waals surface area (Å²) < 4.78 is 2.02. The maximum atomic E-state index is 7.09. The van der Waals surface area contributed by atoms with Gasteiger partial charge in [0.2, 0.25) is 0 Å². The van der Waals surface area contributed by atoms with E-state index in [-0.39, 0.29) is 36.5 Å². The molecule has 0 unspecified atom stereocenters. The van der Waals surface area contributed by atoms with Crippen molar-refractivity contribution < 1.29 is 0 Å². The van der Waals surface area contributed by atoms with Gasteiger partial charge in [-0.2, -0.15) is 0 Å².